The number of aromatic hydroxyl groups is 1. The van der Waals surface area contributed by atoms with Gasteiger partial charge in [0.2, 0.25) is 0 Å². The number of methoxy groups -OCH3 is 1. The highest BCUT2D eigenvalue weighted by Gasteiger charge is 2.15. The molecule has 1 N–H and O–H groups in total. The summed E-state index contributed by atoms with van der Waals surface area (Å²) in [6.07, 6.45) is 3.67. The number of nitrogens with zero attached hydrogens (tertiary/aromatic N) is 2. The lowest BCUT2D eigenvalue weighted by Gasteiger charge is -2.17. The molecule has 0 fully saturated rings. The van der Waals surface area contributed by atoms with Crippen LogP contribution in [-0.4, -0.2) is 21.8 Å². The maximum absolute atomic E-state index is 13.0. The monoisotopic (exact) mass is 410 g/mol. The molecular formula is C26H22N2O3. The van der Waals surface area contributed by atoms with E-state index in [0.717, 1.165) is 28.3 Å². The summed E-state index contributed by atoms with van der Waals surface area (Å²) in [6.45, 7) is 1.92. The van der Waals surface area contributed by atoms with Crippen LogP contribution in [0.25, 0.3) is 29.0 Å². The molecule has 4 rings (SSSR count). The van der Waals surface area contributed by atoms with Gasteiger partial charge in [0.25, 0.3) is 5.56 Å². The molecule has 0 aliphatic carbocycles. The number of rotatable bonds is 5. The van der Waals surface area contributed by atoms with Gasteiger partial charge in [0.15, 0.2) is 0 Å². The Morgan fingerprint density at radius 1 is 0.903 bits per heavy atom. The van der Waals surface area contributed by atoms with Gasteiger partial charge in [-0.1, -0.05) is 48.5 Å². The van der Waals surface area contributed by atoms with Gasteiger partial charge in [-0.05, 0) is 60.5 Å². The first-order chi connectivity index (χ1) is 15.1. The Hall–Kier alpha value is -4.12. The van der Waals surface area contributed by atoms with Gasteiger partial charge in [0, 0.05) is 11.4 Å². The molecule has 0 unspecified atom stereocenters. The fourth-order valence-electron chi connectivity index (χ4n) is 3.51. The Kier molecular flexibility index (Phi) is 5.67. The summed E-state index contributed by atoms with van der Waals surface area (Å²) in [7, 11) is 1.63. The fraction of sp³-hybridized carbons (Fsp3) is 0.0769. The van der Waals surface area contributed by atoms with Gasteiger partial charge >= 0.3 is 0 Å². The van der Waals surface area contributed by atoms with E-state index in [4.69, 9.17) is 4.74 Å². The molecule has 154 valence electrons. The normalized spacial score (nSPS) is 11.0. The van der Waals surface area contributed by atoms with Crippen LogP contribution in [0.2, 0.25) is 0 Å². The van der Waals surface area contributed by atoms with Gasteiger partial charge in [-0.25, -0.2) is 0 Å². The summed E-state index contributed by atoms with van der Waals surface area (Å²) in [5.41, 5.74) is 3.67. The van der Waals surface area contributed by atoms with Gasteiger partial charge in [0.05, 0.1) is 12.7 Å². The molecule has 31 heavy (non-hydrogen) atoms. The van der Waals surface area contributed by atoms with Crippen LogP contribution in [-0.2, 0) is 0 Å². The molecule has 1 aromatic heterocycles. The molecule has 0 aliphatic heterocycles. The number of ether oxygens (including phenoxy) is 1. The molecule has 0 saturated carbocycles. The first-order valence-corrected chi connectivity index (χ1v) is 9.87. The predicted molar refractivity (Wildman–Crippen MR) is 124 cm³/mol. The first kappa shape index (κ1) is 20.2. The molecule has 0 saturated heterocycles. The Morgan fingerprint density at radius 2 is 1.58 bits per heavy atom. The van der Waals surface area contributed by atoms with E-state index in [0.29, 0.717) is 11.4 Å². The van der Waals surface area contributed by atoms with Crippen LogP contribution >= 0.6 is 0 Å². The SMILES string of the molecule is COc1ccc(-n2c(/C=C/c3ccc(O)cc3)nc(=O)c(-c3ccccc3)c2C)cc1. The zero-order chi connectivity index (χ0) is 21.8. The van der Waals surface area contributed by atoms with Gasteiger partial charge in [-0.2, -0.15) is 4.98 Å². The summed E-state index contributed by atoms with van der Waals surface area (Å²) >= 11 is 0. The van der Waals surface area contributed by atoms with E-state index in [9.17, 15) is 9.90 Å². The maximum Gasteiger partial charge on any atom is 0.281 e. The van der Waals surface area contributed by atoms with Gasteiger partial charge in [0.1, 0.15) is 17.3 Å². The molecule has 1 heterocycles. The lowest BCUT2D eigenvalue weighted by atomic mass is 10.1. The van der Waals surface area contributed by atoms with Crippen LogP contribution < -0.4 is 10.3 Å². The minimum Gasteiger partial charge on any atom is -0.508 e. The molecule has 0 radical (unpaired) electrons. The smallest absolute Gasteiger partial charge is 0.281 e. The Labute approximate surface area is 180 Å². The lowest BCUT2D eigenvalue weighted by Crippen LogP contribution is -2.20. The third-order valence-corrected chi connectivity index (χ3v) is 5.07. The summed E-state index contributed by atoms with van der Waals surface area (Å²) in [5.74, 6) is 1.47. The molecule has 5 heteroatoms. The maximum atomic E-state index is 13.0. The molecule has 0 spiro atoms. The molecule has 5 nitrogen and oxygen atoms in total. The second-order valence-corrected chi connectivity index (χ2v) is 7.06. The molecule has 0 amide bonds. The van der Waals surface area contributed by atoms with E-state index in [-0.39, 0.29) is 11.3 Å². The highest BCUT2D eigenvalue weighted by Crippen LogP contribution is 2.25. The third kappa shape index (κ3) is 4.26. The van der Waals surface area contributed by atoms with Gasteiger partial charge in [-0.3, -0.25) is 9.36 Å². The highest BCUT2D eigenvalue weighted by atomic mass is 16.5. The molecule has 0 bridgehead atoms. The van der Waals surface area contributed by atoms with Crippen molar-refractivity contribution >= 4 is 12.2 Å². The van der Waals surface area contributed by atoms with Crippen LogP contribution in [0, 0.1) is 6.92 Å². The van der Waals surface area contributed by atoms with E-state index < -0.39 is 0 Å². The number of benzene rings is 3. The highest BCUT2D eigenvalue weighted by molar-refractivity contribution is 5.71. The average molecular weight is 410 g/mol. The number of hydrogen-bond acceptors (Lipinski definition) is 4. The third-order valence-electron chi connectivity index (χ3n) is 5.07. The Morgan fingerprint density at radius 3 is 2.23 bits per heavy atom. The number of phenols is 1. The van der Waals surface area contributed by atoms with Gasteiger partial charge < -0.3 is 9.84 Å². The molecular weight excluding hydrogens is 388 g/mol. The quantitative estimate of drug-likeness (QED) is 0.498. The Bertz CT molecular complexity index is 1270. The van der Waals surface area contributed by atoms with E-state index in [1.54, 1.807) is 37.5 Å². The van der Waals surface area contributed by atoms with Crippen molar-refractivity contribution in [2.24, 2.45) is 0 Å². The summed E-state index contributed by atoms with van der Waals surface area (Å²) < 4.78 is 7.24. The van der Waals surface area contributed by atoms with Crippen molar-refractivity contribution in [2.75, 3.05) is 7.11 Å². The topological polar surface area (TPSA) is 64.3 Å². The number of aromatic nitrogens is 2. The molecule has 4 aromatic rings. The zero-order valence-electron chi connectivity index (χ0n) is 17.3. The number of phenolic OH excluding ortho intramolecular Hbond substituents is 1. The van der Waals surface area contributed by atoms with Crippen LogP contribution in [0.1, 0.15) is 17.1 Å². The van der Waals surface area contributed by atoms with Crippen molar-refractivity contribution in [2.45, 2.75) is 6.92 Å². The zero-order valence-corrected chi connectivity index (χ0v) is 17.3. The summed E-state index contributed by atoms with van der Waals surface area (Å²) in [4.78, 5) is 17.4. The fourth-order valence-corrected chi connectivity index (χ4v) is 3.51. The van der Waals surface area contributed by atoms with E-state index in [1.165, 1.54) is 0 Å². The number of hydrogen-bond donors (Lipinski definition) is 1. The van der Waals surface area contributed by atoms with Crippen LogP contribution in [0.4, 0.5) is 0 Å². The molecule has 0 aliphatic rings. The van der Waals surface area contributed by atoms with E-state index >= 15 is 0 Å². The minimum absolute atomic E-state index is 0.202. The van der Waals surface area contributed by atoms with Crippen LogP contribution in [0.15, 0.2) is 83.7 Å². The van der Waals surface area contributed by atoms with Crippen LogP contribution in [0.3, 0.4) is 0 Å². The van der Waals surface area contributed by atoms with Crippen LogP contribution in [0.5, 0.6) is 11.5 Å². The van der Waals surface area contributed by atoms with Crippen molar-refractivity contribution in [3.8, 4) is 28.3 Å². The summed E-state index contributed by atoms with van der Waals surface area (Å²) in [6, 6.07) is 24.0. The van der Waals surface area contributed by atoms with Crippen molar-refractivity contribution in [1.29, 1.82) is 0 Å². The standard InChI is InChI=1S/C26H22N2O3/c1-18-25(20-6-4-3-5-7-20)26(30)27-24(17-10-19-8-13-22(29)14-9-19)28(18)21-11-15-23(31-2)16-12-21/h3-17,29H,1-2H3/b17-10+. The minimum atomic E-state index is -0.279. The first-order valence-electron chi connectivity index (χ1n) is 9.87. The molecule has 3 aromatic carbocycles. The Balaban J connectivity index is 1.90. The summed E-state index contributed by atoms with van der Waals surface area (Å²) in [5, 5.41) is 9.50. The predicted octanol–water partition coefficient (Wildman–Crippen LogP) is 5.09. The van der Waals surface area contributed by atoms with E-state index in [2.05, 4.69) is 4.98 Å². The lowest BCUT2D eigenvalue weighted by molar-refractivity contribution is 0.414. The van der Waals surface area contributed by atoms with Crippen molar-refractivity contribution in [3.05, 3.63) is 106 Å². The van der Waals surface area contributed by atoms with E-state index in [1.807, 2.05) is 72.2 Å². The van der Waals surface area contributed by atoms with Crippen molar-refractivity contribution in [3.63, 3.8) is 0 Å². The van der Waals surface area contributed by atoms with Crippen molar-refractivity contribution in [1.82, 2.24) is 9.55 Å². The van der Waals surface area contributed by atoms with Gasteiger partial charge in [-0.15, -0.1) is 0 Å². The molecule has 0 atom stereocenters. The second kappa shape index (κ2) is 8.71. The average Bonchev–Trinajstić information content (AvgIpc) is 2.79. The second-order valence-electron chi connectivity index (χ2n) is 7.06. The van der Waals surface area contributed by atoms with Crippen molar-refractivity contribution < 1.29 is 9.84 Å². The largest absolute Gasteiger partial charge is 0.508 e.